The molecule has 2 aliphatic rings. The molecule has 4 rings (SSSR count). The molecule has 2 aliphatic heterocycles. The van der Waals surface area contributed by atoms with E-state index in [9.17, 15) is 14.7 Å². The van der Waals surface area contributed by atoms with E-state index < -0.39 is 23.5 Å². The predicted octanol–water partition coefficient (Wildman–Crippen LogP) is 2.98. The maximum Gasteiger partial charge on any atom is 0.290 e. The first-order valence-corrected chi connectivity index (χ1v) is 10.9. The first kappa shape index (κ1) is 22.1. The minimum absolute atomic E-state index is 0.0274. The van der Waals surface area contributed by atoms with Crippen LogP contribution in [0, 0.1) is 0 Å². The number of morpholine rings is 1. The Hall–Kier alpha value is -3.10. The van der Waals surface area contributed by atoms with Gasteiger partial charge in [0.15, 0.2) is 11.5 Å². The average molecular weight is 440 g/mol. The van der Waals surface area contributed by atoms with Crippen molar-refractivity contribution in [3.05, 3.63) is 65.3 Å². The topological polar surface area (TPSA) is 92.5 Å². The highest BCUT2D eigenvalue weighted by Gasteiger charge is 2.44. The van der Waals surface area contributed by atoms with Gasteiger partial charge in [-0.2, -0.15) is 0 Å². The number of ether oxygens (including phenoxy) is 2. The van der Waals surface area contributed by atoms with Gasteiger partial charge in [0.25, 0.3) is 5.91 Å². The Balaban J connectivity index is 1.66. The molecule has 0 spiro atoms. The molecule has 1 N–H and O–H groups in total. The first-order chi connectivity index (χ1) is 15.6. The summed E-state index contributed by atoms with van der Waals surface area (Å²) in [6.45, 7) is 6.44. The van der Waals surface area contributed by atoms with E-state index in [1.165, 1.54) is 12.3 Å². The zero-order valence-corrected chi connectivity index (χ0v) is 18.2. The van der Waals surface area contributed by atoms with Crippen LogP contribution in [-0.2, 0) is 9.53 Å². The SMILES string of the molecule is CCCOc1cccc([C@@H]2C(C(=O)c3ccco3)=C(O)C(=O)N2CCN2CCOCC2)c1. The number of hydrogen-bond acceptors (Lipinski definition) is 7. The maximum absolute atomic E-state index is 13.2. The summed E-state index contributed by atoms with van der Waals surface area (Å²) < 4.78 is 16.4. The molecule has 0 saturated carbocycles. The molecule has 0 bridgehead atoms. The highest BCUT2D eigenvalue weighted by Crippen LogP contribution is 2.39. The van der Waals surface area contributed by atoms with Crippen molar-refractivity contribution in [3.8, 4) is 5.75 Å². The summed E-state index contributed by atoms with van der Waals surface area (Å²) >= 11 is 0. The number of benzene rings is 1. The maximum atomic E-state index is 13.2. The summed E-state index contributed by atoms with van der Waals surface area (Å²) in [5.41, 5.74) is 0.729. The second kappa shape index (κ2) is 10.0. The zero-order valence-electron chi connectivity index (χ0n) is 18.2. The molecule has 8 heteroatoms. The van der Waals surface area contributed by atoms with Gasteiger partial charge in [-0.1, -0.05) is 19.1 Å². The fourth-order valence-corrected chi connectivity index (χ4v) is 4.07. The van der Waals surface area contributed by atoms with Crippen LogP contribution in [0.3, 0.4) is 0 Å². The molecule has 1 atom stereocenters. The third-order valence-corrected chi connectivity index (χ3v) is 5.70. The van der Waals surface area contributed by atoms with E-state index in [1.807, 2.05) is 31.2 Å². The minimum Gasteiger partial charge on any atom is -0.503 e. The fourth-order valence-electron chi connectivity index (χ4n) is 4.07. The molecule has 0 radical (unpaired) electrons. The van der Waals surface area contributed by atoms with Crippen molar-refractivity contribution in [3.63, 3.8) is 0 Å². The third kappa shape index (κ3) is 4.56. The minimum atomic E-state index is -0.730. The summed E-state index contributed by atoms with van der Waals surface area (Å²) in [5, 5.41) is 10.7. The zero-order chi connectivity index (χ0) is 22.5. The summed E-state index contributed by atoms with van der Waals surface area (Å²) in [6, 6.07) is 9.73. The fraction of sp³-hybridized carbons (Fsp3) is 0.417. The number of carbonyl (C=O) groups excluding carboxylic acids is 2. The molecule has 3 heterocycles. The molecule has 32 heavy (non-hydrogen) atoms. The van der Waals surface area contributed by atoms with Crippen LogP contribution in [0.2, 0.25) is 0 Å². The molecule has 1 aromatic heterocycles. The van der Waals surface area contributed by atoms with Gasteiger partial charge in [0.2, 0.25) is 5.78 Å². The van der Waals surface area contributed by atoms with Crippen LogP contribution in [-0.4, -0.2) is 72.6 Å². The van der Waals surface area contributed by atoms with Crippen LogP contribution in [0.15, 0.2) is 58.4 Å². The van der Waals surface area contributed by atoms with Crippen molar-refractivity contribution in [2.24, 2.45) is 0 Å². The summed E-state index contributed by atoms with van der Waals surface area (Å²) in [5.74, 6) is -0.852. The van der Waals surface area contributed by atoms with Crippen molar-refractivity contribution < 1.29 is 28.6 Å². The highest BCUT2D eigenvalue weighted by molar-refractivity contribution is 6.15. The molecule has 1 aromatic carbocycles. The largest absolute Gasteiger partial charge is 0.503 e. The van der Waals surface area contributed by atoms with Gasteiger partial charge in [0.1, 0.15) is 5.75 Å². The second-order valence-corrected chi connectivity index (χ2v) is 7.84. The van der Waals surface area contributed by atoms with Gasteiger partial charge in [-0.25, -0.2) is 0 Å². The lowest BCUT2D eigenvalue weighted by atomic mass is 9.95. The van der Waals surface area contributed by atoms with E-state index >= 15 is 0 Å². The molecule has 8 nitrogen and oxygen atoms in total. The van der Waals surface area contributed by atoms with Crippen molar-refractivity contribution in [2.45, 2.75) is 19.4 Å². The molecule has 2 aromatic rings. The van der Waals surface area contributed by atoms with E-state index in [0.717, 1.165) is 19.5 Å². The van der Waals surface area contributed by atoms with Crippen LogP contribution in [0.1, 0.15) is 35.5 Å². The number of rotatable bonds is 9. The Morgan fingerprint density at radius 2 is 2.00 bits per heavy atom. The van der Waals surface area contributed by atoms with Gasteiger partial charge in [-0.3, -0.25) is 14.5 Å². The molecule has 0 unspecified atom stereocenters. The Labute approximate surface area is 187 Å². The van der Waals surface area contributed by atoms with E-state index in [0.29, 0.717) is 44.2 Å². The van der Waals surface area contributed by atoms with Gasteiger partial charge in [-0.05, 0) is 36.2 Å². The monoisotopic (exact) mass is 440 g/mol. The summed E-state index contributed by atoms with van der Waals surface area (Å²) in [6.07, 6.45) is 2.26. The van der Waals surface area contributed by atoms with Crippen LogP contribution >= 0.6 is 0 Å². The number of aliphatic hydroxyl groups is 1. The van der Waals surface area contributed by atoms with E-state index in [4.69, 9.17) is 13.9 Å². The van der Waals surface area contributed by atoms with Crippen molar-refractivity contribution in [1.29, 1.82) is 0 Å². The number of carbonyl (C=O) groups is 2. The van der Waals surface area contributed by atoms with Crippen LogP contribution in [0.25, 0.3) is 0 Å². The van der Waals surface area contributed by atoms with E-state index in [1.54, 1.807) is 11.0 Å². The number of furan rings is 1. The first-order valence-electron chi connectivity index (χ1n) is 10.9. The normalized spacial score (nSPS) is 19.6. The smallest absolute Gasteiger partial charge is 0.290 e. The van der Waals surface area contributed by atoms with E-state index in [2.05, 4.69) is 4.90 Å². The number of amides is 1. The number of aliphatic hydroxyl groups excluding tert-OH is 1. The van der Waals surface area contributed by atoms with Gasteiger partial charge in [-0.15, -0.1) is 0 Å². The standard InChI is InChI=1S/C24H28N2O6/c1-2-12-31-18-6-3-5-17(16-18)21-20(22(27)19-7-4-13-32-19)23(28)24(29)26(21)9-8-25-10-14-30-15-11-25/h3-7,13,16,21,28H,2,8-12,14-15H2,1H3/t21-/m1/s1. The Kier molecular flexibility index (Phi) is 6.92. The van der Waals surface area contributed by atoms with Crippen LogP contribution in [0.4, 0.5) is 0 Å². The van der Waals surface area contributed by atoms with Crippen molar-refractivity contribution >= 4 is 11.7 Å². The second-order valence-electron chi connectivity index (χ2n) is 7.84. The number of hydrogen-bond donors (Lipinski definition) is 1. The van der Waals surface area contributed by atoms with Crippen LogP contribution < -0.4 is 4.74 Å². The molecule has 1 fully saturated rings. The molecular weight excluding hydrogens is 412 g/mol. The third-order valence-electron chi connectivity index (χ3n) is 5.70. The Bertz CT molecular complexity index is 978. The lowest BCUT2D eigenvalue weighted by Gasteiger charge is -2.31. The molecular formula is C24H28N2O6. The van der Waals surface area contributed by atoms with Crippen LogP contribution in [0.5, 0.6) is 5.75 Å². The highest BCUT2D eigenvalue weighted by atomic mass is 16.5. The predicted molar refractivity (Wildman–Crippen MR) is 117 cm³/mol. The number of ketones is 1. The lowest BCUT2D eigenvalue weighted by molar-refractivity contribution is -0.129. The molecule has 1 saturated heterocycles. The number of Topliss-reactive ketones (excluding diaryl/α,β-unsaturated/α-hetero) is 1. The average Bonchev–Trinajstić information content (AvgIpc) is 3.44. The van der Waals surface area contributed by atoms with Gasteiger partial charge >= 0.3 is 0 Å². The Morgan fingerprint density at radius 1 is 1.19 bits per heavy atom. The Morgan fingerprint density at radius 3 is 2.72 bits per heavy atom. The van der Waals surface area contributed by atoms with E-state index in [-0.39, 0.29) is 11.3 Å². The molecule has 0 aliphatic carbocycles. The van der Waals surface area contributed by atoms with Gasteiger partial charge < -0.3 is 23.9 Å². The summed E-state index contributed by atoms with van der Waals surface area (Å²) in [7, 11) is 0. The number of nitrogens with zero attached hydrogens (tertiary/aromatic N) is 2. The van der Waals surface area contributed by atoms with Crippen molar-refractivity contribution in [2.75, 3.05) is 46.0 Å². The van der Waals surface area contributed by atoms with Gasteiger partial charge in [0, 0.05) is 26.2 Å². The van der Waals surface area contributed by atoms with Gasteiger partial charge in [0.05, 0.1) is 37.7 Å². The lowest BCUT2D eigenvalue weighted by Crippen LogP contribution is -2.43. The molecule has 1 amide bonds. The molecule has 170 valence electrons. The summed E-state index contributed by atoms with van der Waals surface area (Å²) in [4.78, 5) is 30.0. The quantitative estimate of drug-likeness (QED) is 0.599. The van der Waals surface area contributed by atoms with Crippen molar-refractivity contribution in [1.82, 2.24) is 9.80 Å².